The second kappa shape index (κ2) is 6.72. The average Bonchev–Trinajstić information content (AvgIpc) is 2.59. The molecule has 2 unspecified atom stereocenters. The molecule has 1 aliphatic rings. The van der Waals surface area contributed by atoms with E-state index < -0.39 is 6.04 Å². The number of hydrogen-bond acceptors (Lipinski definition) is 3. The number of methoxy groups -OCH3 is 1. The van der Waals surface area contributed by atoms with Crippen LogP contribution in [0.1, 0.15) is 37.0 Å². The van der Waals surface area contributed by atoms with Crippen molar-refractivity contribution in [2.24, 2.45) is 0 Å². The lowest BCUT2D eigenvalue weighted by Gasteiger charge is -2.27. The zero-order valence-electron chi connectivity index (χ0n) is 12.8. The molecule has 0 radical (unpaired) electrons. The van der Waals surface area contributed by atoms with Gasteiger partial charge in [-0.05, 0) is 25.5 Å². The third kappa shape index (κ3) is 3.24. The summed E-state index contributed by atoms with van der Waals surface area (Å²) >= 11 is 0. The maximum Gasteiger partial charge on any atom is 0.254 e. The highest BCUT2D eigenvalue weighted by molar-refractivity contribution is 6.10. The van der Waals surface area contributed by atoms with Crippen molar-refractivity contribution < 1.29 is 14.3 Å². The number of nitrogens with one attached hydrogen (secondary N) is 1. The van der Waals surface area contributed by atoms with Crippen LogP contribution in [-0.2, 0) is 9.53 Å². The smallest absolute Gasteiger partial charge is 0.254 e. The van der Waals surface area contributed by atoms with Gasteiger partial charge in [0.15, 0.2) is 0 Å². The highest BCUT2D eigenvalue weighted by atomic mass is 16.5. The fourth-order valence-electron chi connectivity index (χ4n) is 2.51. The maximum absolute atomic E-state index is 12.8. The van der Waals surface area contributed by atoms with Crippen LogP contribution in [0.4, 0.5) is 5.69 Å². The van der Waals surface area contributed by atoms with Gasteiger partial charge in [-0.1, -0.05) is 25.5 Å². The summed E-state index contributed by atoms with van der Waals surface area (Å²) in [6.07, 6.45) is 1.37. The van der Waals surface area contributed by atoms with E-state index in [0.29, 0.717) is 24.2 Å². The predicted molar refractivity (Wildman–Crippen MR) is 81.4 cm³/mol. The Kier molecular flexibility index (Phi) is 4.96. The first-order valence-electron chi connectivity index (χ1n) is 7.32. The molecular formula is C16H22N2O3. The molecule has 1 heterocycles. The zero-order valence-corrected chi connectivity index (χ0v) is 12.8. The fourth-order valence-corrected chi connectivity index (χ4v) is 2.51. The van der Waals surface area contributed by atoms with Crippen molar-refractivity contribution in [3.8, 4) is 0 Å². The SMILES string of the molecule is CCCC1NC(=O)c2ccccc2N(CC(C)OC)C1=O. The molecule has 1 aliphatic heterocycles. The van der Waals surface area contributed by atoms with E-state index in [1.807, 2.05) is 26.0 Å². The number of ether oxygens (including phenoxy) is 1. The molecule has 0 aromatic heterocycles. The molecule has 5 heteroatoms. The first kappa shape index (κ1) is 15.5. The summed E-state index contributed by atoms with van der Waals surface area (Å²) in [4.78, 5) is 26.7. The number of carbonyl (C=O) groups is 2. The van der Waals surface area contributed by atoms with E-state index in [2.05, 4.69) is 5.32 Å². The van der Waals surface area contributed by atoms with E-state index in [1.54, 1.807) is 24.1 Å². The summed E-state index contributed by atoms with van der Waals surface area (Å²) < 4.78 is 5.28. The zero-order chi connectivity index (χ0) is 15.4. The van der Waals surface area contributed by atoms with Crippen molar-refractivity contribution >= 4 is 17.5 Å². The molecule has 0 aliphatic carbocycles. The van der Waals surface area contributed by atoms with Gasteiger partial charge in [0.2, 0.25) is 5.91 Å². The van der Waals surface area contributed by atoms with Crippen LogP contribution in [0.5, 0.6) is 0 Å². The Hall–Kier alpha value is -1.88. The van der Waals surface area contributed by atoms with Crippen molar-refractivity contribution in [2.75, 3.05) is 18.6 Å². The lowest BCUT2D eigenvalue weighted by atomic mass is 10.1. The van der Waals surface area contributed by atoms with Gasteiger partial charge in [-0.25, -0.2) is 0 Å². The Morgan fingerprint density at radius 2 is 2.05 bits per heavy atom. The molecule has 0 spiro atoms. The average molecular weight is 290 g/mol. The lowest BCUT2D eigenvalue weighted by Crippen LogP contribution is -2.47. The van der Waals surface area contributed by atoms with Crippen LogP contribution in [0.2, 0.25) is 0 Å². The summed E-state index contributed by atoms with van der Waals surface area (Å²) in [5, 5.41) is 2.84. The number of anilines is 1. The van der Waals surface area contributed by atoms with E-state index in [1.165, 1.54) is 0 Å². The first-order chi connectivity index (χ1) is 10.1. The Morgan fingerprint density at radius 3 is 2.71 bits per heavy atom. The normalized spacial score (nSPS) is 19.8. The summed E-state index contributed by atoms with van der Waals surface area (Å²) in [5.74, 6) is -0.260. The maximum atomic E-state index is 12.8. The predicted octanol–water partition coefficient (Wildman–Crippen LogP) is 1.97. The van der Waals surface area contributed by atoms with Crippen LogP contribution in [0.25, 0.3) is 0 Å². The molecule has 0 saturated carbocycles. The Labute approximate surface area is 125 Å². The van der Waals surface area contributed by atoms with Gasteiger partial charge in [0.05, 0.1) is 23.9 Å². The lowest BCUT2D eigenvalue weighted by molar-refractivity contribution is -0.120. The monoisotopic (exact) mass is 290 g/mol. The van der Waals surface area contributed by atoms with Gasteiger partial charge in [0.25, 0.3) is 5.91 Å². The van der Waals surface area contributed by atoms with E-state index in [-0.39, 0.29) is 17.9 Å². The molecule has 2 amide bonds. The van der Waals surface area contributed by atoms with Crippen LogP contribution in [0, 0.1) is 0 Å². The van der Waals surface area contributed by atoms with Gasteiger partial charge in [-0.2, -0.15) is 0 Å². The molecule has 0 bridgehead atoms. The highest BCUT2D eigenvalue weighted by Crippen LogP contribution is 2.25. The number of carbonyl (C=O) groups excluding carboxylic acids is 2. The molecule has 5 nitrogen and oxygen atoms in total. The van der Waals surface area contributed by atoms with Gasteiger partial charge in [0.1, 0.15) is 6.04 Å². The van der Waals surface area contributed by atoms with Crippen molar-refractivity contribution in [3.05, 3.63) is 29.8 Å². The minimum atomic E-state index is -0.473. The Balaban J connectivity index is 2.42. The van der Waals surface area contributed by atoms with E-state index in [9.17, 15) is 9.59 Å². The molecule has 1 N–H and O–H groups in total. The van der Waals surface area contributed by atoms with Crippen LogP contribution in [0.3, 0.4) is 0 Å². The summed E-state index contributed by atoms with van der Waals surface area (Å²) in [7, 11) is 1.62. The Bertz CT molecular complexity index is 530. The topological polar surface area (TPSA) is 58.6 Å². The molecular weight excluding hydrogens is 268 g/mol. The quantitative estimate of drug-likeness (QED) is 0.902. The van der Waals surface area contributed by atoms with Gasteiger partial charge in [0, 0.05) is 7.11 Å². The van der Waals surface area contributed by atoms with Crippen LogP contribution >= 0.6 is 0 Å². The number of amides is 2. The fraction of sp³-hybridized carbons (Fsp3) is 0.500. The summed E-state index contributed by atoms with van der Waals surface area (Å²) in [5.41, 5.74) is 1.19. The molecule has 1 aromatic carbocycles. The standard InChI is InChI=1S/C16H22N2O3/c1-4-7-13-16(20)18(10-11(2)21-3)14-9-6-5-8-12(14)15(19)17-13/h5-6,8-9,11,13H,4,7,10H2,1-3H3,(H,17,19). The van der Waals surface area contributed by atoms with Crippen molar-refractivity contribution in [2.45, 2.75) is 38.8 Å². The molecule has 0 fully saturated rings. The molecule has 21 heavy (non-hydrogen) atoms. The van der Waals surface area contributed by atoms with Crippen molar-refractivity contribution in [1.82, 2.24) is 5.32 Å². The number of benzene rings is 1. The van der Waals surface area contributed by atoms with Gasteiger partial charge in [-0.3, -0.25) is 9.59 Å². The van der Waals surface area contributed by atoms with Crippen molar-refractivity contribution in [1.29, 1.82) is 0 Å². The van der Waals surface area contributed by atoms with Crippen LogP contribution < -0.4 is 10.2 Å². The number of rotatable bonds is 5. The molecule has 1 aromatic rings. The number of fused-ring (bicyclic) bond motifs is 1. The molecule has 2 rings (SSSR count). The van der Waals surface area contributed by atoms with Crippen LogP contribution in [0.15, 0.2) is 24.3 Å². The Morgan fingerprint density at radius 1 is 1.33 bits per heavy atom. The second-order valence-corrected chi connectivity index (χ2v) is 5.33. The summed E-state index contributed by atoms with van der Waals surface area (Å²) in [6.45, 7) is 4.34. The largest absolute Gasteiger partial charge is 0.380 e. The molecule has 0 saturated heterocycles. The van der Waals surface area contributed by atoms with E-state index >= 15 is 0 Å². The van der Waals surface area contributed by atoms with Gasteiger partial charge >= 0.3 is 0 Å². The first-order valence-corrected chi connectivity index (χ1v) is 7.32. The number of hydrogen-bond donors (Lipinski definition) is 1. The number of para-hydroxylation sites is 1. The minimum absolute atomic E-state index is 0.0703. The highest BCUT2D eigenvalue weighted by Gasteiger charge is 2.33. The minimum Gasteiger partial charge on any atom is -0.380 e. The van der Waals surface area contributed by atoms with Gasteiger partial charge < -0.3 is 15.0 Å². The van der Waals surface area contributed by atoms with E-state index in [0.717, 1.165) is 6.42 Å². The third-order valence-corrected chi connectivity index (χ3v) is 3.73. The number of nitrogens with zero attached hydrogens (tertiary/aromatic N) is 1. The summed E-state index contributed by atoms with van der Waals surface area (Å²) in [6, 6.07) is 6.73. The molecule has 2 atom stereocenters. The van der Waals surface area contributed by atoms with Gasteiger partial charge in [-0.15, -0.1) is 0 Å². The second-order valence-electron chi connectivity index (χ2n) is 5.33. The van der Waals surface area contributed by atoms with E-state index in [4.69, 9.17) is 4.74 Å². The molecule has 114 valence electrons. The third-order valence-electron chi connectivity index (χ3n) is 3.73. The van der Waals surface area contributed by atoms with Crippen molar-refractivity contribution in [3.63, 3.8) is 0 Å². The van der Waals surface area contributed by atoms with Crippen LogP contribution in [-0.4, -0.2) is 37.6 Å².